The minimum absolute atomic E-state index is 0.00298. The van der Waals surface area contributed by atoms with Gasteiger partial charge in [-0.25, -0.2) is 9.97 Å². The molecular formula is C20H26N2O2. The summed E-state index contributed by atoms with van der Waals surface area (Å²) >= 11 is 0. The normalized spacial score (nSPS) is 21.8. The number of aryl methyl sites for hydroxylation is 1. The Morgan fingerprint density at radius 2 is 1.83 bits per heavy atom. The fourth-order valence-electron chi connectivity index (χ4n) is 3.68. The number of fused-ring (bicyclic) bond motifs is 2. The maximum absolute atomic E-state index is 12.8. The van der Waals surface area contributed by atoms with E-state index in [0.717, 1.165) is 30.3 Å². The van der Waals surface area contributed by atoms with Gasteiger partial charge in [-0.3, -0.25) is 4.79 Å². The lowest BCUT2D eigenvalue weighted by Gasteiger charge is -2.42. The molecule has 0 bridgehead atoms. The number of unbranched alkanes of at least 4 members (excludes halogenated alkanes) is 1. The Balaban J connectivity index is 2.19. The van der Waals surface area contributed by atoms with Crippen molar-refractivity contribution in [1.82, 2.24) is 9.97 Å². The Labute approximate surface area is 143 Å². The molecule has 0 spiro atoms. The average molecular weight is 326 g/mol. The molecule has 24 heavy (non-hydrogen) atoms. The maximum Gasteiger partial charge on any atom is 0.153 e. The molecule has 0 fully saturated rings. The van der Waals surface area contributed by atoms with Crippen molar-refractivity contribution in [2.75, 3.05) is 0 Å². The number of aliphatic hydroxyl groups is 1. The molecule has 4 heteroatoms. The molecule has 1 aromatic heterocycles. The fraction of sp³-hybridized carbons (Fsp3) is 0.550. The van der Waals surface area contributed by atoms with E-state index in [0.29, 0.717) is 11.4 Å². The molecule has 4 nitrogen and oxygen atoms in total. The molecule has 1 heterocycles. The highest BCUT2D eigenvalue weighted by molar-refractivity contribution is 5.96. The molecule has 1 aromatic carbocycles. The Morgan fingerprint density at radius 1 is 1.12 bits per heavy atom. The topological polar surface area (TPSA) is 63.1 Å². The Bertz CT molecular complexity index is 809. The van der Waals surface area contributed by atoms with Gasteiger partial charge in [0.05, 0.1) is 33.3 Å². The van der Waals surface area contributed by atoms with E-state index in [2.05, 4.69) is 19.1 Å². The highest BCUT2D eigenvalue weighted by Gasteiger charge is 2.53. The van der Waals surface area contributed by atoms with Crippen molar-refractivity contribution < 1.29 is 9.90 Å². The number of hydrogen-bond acceptors (Lipinski definition) is 4. The summed E-state index contributed by atoms with van der Waals surface area (Å²) in [5.41, 5.74) is 2.35. The van der Waals surface area contributed by atoms with Crippen molar-refractivity contribution in [2.45, 2.75) is 65.4 Å². The number of Topliss-reactive ketones (excluding diaryl/α,β-unsaturated/α-hetero) is 1. The number of carbonyl (C=O) groups is 1. The summed E-state index contributed by atoms with van der Waals surface area (Å²) in [5, 5.41) is 10.7. The quantitative estimate of drug-likeness (QED) is 0.929. The molecule has 3 rings (SSSR count). The van der Waals surface area contributed by atoms with Crippen LogP contribution in [0, 0.1) is 5.41 Å². The smallest absolute Gasteiger partial charge is 0.153 e. The van der Waals surface area contributed by atoms with Crippen LogP contribution in [0.5, 0.6) is 0 Å². The summed E-state index contributed by atoms with van der Waals surface area (Å²) < 4.78 is 0. The van der Waals surface area contributed by atoms with Crippen molar-refractivity contribution in [3.05, 3.63) is 35.2 Å². The first kappa shape index (κ1) is 17.0. The van der Waals surface area contributed by atoms with Crippen molar-refractivity contribution in [3.8, 4) is 0 Å². The minimum Gasteiger partial charge on any atom is -0.386 e. The zero-order valence-electron chi connectivity index (χ0n) is 15.2. The number of aromatic nitrogens is 2. The van der Waals surface area contributed by atoms with Crippen LogP contribution in [0.15, 0.2) is 18.2 Å². The number of benzene rings is 1. The van der Waals surface area contributed by atoms with Gasteiger partial charge in [0.15, 0.2) is 5.78 Å². The lowest BCUT2D eigenvalue weighted by molar-refractivity contribution is -0.141. The van der Waals surface area contributed by atoms with Gasteiger partial charge in [0, 0.05) is 0 Å². The average Bonchev–Trinajstić information content (AvgIpc) is 2.56. The third kappa shape index (κ3) is 2.44. The summed E-state index contributed by atoms with van der Waals surface area (Å²) in [6, 6.07) is 6.11. The largest absolute Gasteiger partial charge is 0.386 e. The maximum atomic E-state index is 12.8. The Morgan fingerprint density at radius 3 is 2.50 bits per heavy atom. The van der Waals surface area contributed by atoms with Crippen LogP contribution in [0.3, 0.4) is 0 Å². The first-order valence-electron chi connectivity index (χ1n) is 8.73. The van der Waals surface area contributed by atoms with Gasteiger partial charge >= 0.3 is 0 Å². The summed E-state index contributed by atoms with van der Waals surface area (Å²) in [6.07, 6.45) is 2.38. The van der Waals surface area contributed by atoms with E-state index in [1.54, 1.807) is 13.8 Å². The van der Waals surface area contributed by atoms with Crippen LogP contribution in [0.1, 0.15) is 70.5 Å². The molecular weight excluding hydrogens is 300 g/mol. The van der Waals surface area contributed by atoms with E-state index in [9.17, 15) is 9.90 Å². The zero-order chi connectivity index (χ0) is 17.7. The molecule has 0 aliphatic heterocycles. The van der Waals surface area contributed by atoms with E-state index >= 15 is 0 Å². The number of aliphatic hydroxyl groups excluding tert-OH is 1. The summed E-state index contributed by atoms with van der Waals surface area (Å²) in [4.78, 5) is 22.3. The van der Waals surface area contributed by atoms with Crippen molar-refractivity contribution in [2.24, 2.45) is 5.41 Å². The van der Waals surface area contributed by atoms with Gasteiger partial charge < -0.3 is 5.11 Å². The van der Waals surface area contributed by atoms with Crippen LogP contribution in [-0.2, 0) is 16.6 Å². The van der Waals surface area contributed by atoms with Gasteiger partial charge in [-0.15, -0.1) is 0 Å². The van der Waals surface area contributed by atoms with Crippen molar-refractivity contribution in [1.29, 1.82) is 0 Å². The Kier molecular flexibility index (Phi) is 3.99. The number of hydrogen-bond donors (Lipinski definition) is 1. The SMILES string of the molecule is CCCCc1ccc2nc3c(nc2c1)C(O)C(C)(C)C(=O)C3(C)C. The molecule has 0 amide bonds. The molecule has 0 radical (unpaired) electrons. The highest BCUT2D eigenvalue weighted by Crippen LogP contribution is 2.47. The lowest BCUT2D eigenvalue weighted by Crippen LogP contribution is -2.49. The van der Waals surface area contributed by atoms with Gasteiger partial charge in [0.2, 0.25) is 0 Å². The second kappa shape index (κ2) is 5.62. The predicted molar refractivity (Wildman–Crippen MR) is 94.9 cm³/mol. The molecule has 0 saturated heterocycles. The summed E-state index contributed by atoms with van der Waals surface area (Å²) in [6.45, 7) is 9.49. The number of ketones is 1. The third-order valence-corrected chi connectivity index (χ3v) is 5.26. The molecule has 0 saturated carbocycles. The highest BCUT2D eigenvalue weighted by atomic mass is 16.3. The lowest BCUT2D eigenvalue weighted by atomic mass is 9.63. The number of carbonyl (C=O) groups excluding carboxylic acids is 1. The Hall–Kier alpha value is -1.81. The van der Waals surface area contributed by atoms with Crippen LogP contribution >= 0.6 is 0 Å². The second-order valence-corrected chi connectivity index (χ2v) is 7.96. The fourth-order valence-corrected chi connectivity index (χ4v) is 3.68. The van der Waals surface area contributed by atoms with Crippen LogP contribution < -0.4 is 0 Å². The second-order valence-electron chi connectivity index (χ2n) is 7.96. The van der Waals surface area contributed by atoms with E-state index in [1.165, 1.54) is 5.56 Å². The molecule has 1 aliphatic carbocycles. The van der Waals surface area contributed by atoms with Crippen molar-refractivity contribution >= 4 is 16.8 Å². The molecule has 1 N–H and O–H groups in total. The van der Waals surface area contributed by atoms with E-state index in [4.69, 9.17) is 9.97 Å². The van der Waals surface area contributed by atoms with Gasteiger partial charge in [-0.05, 0) is 58.2 Å². The van der Waals surface area contributed by atoms with E-state index in [1.807, 2.05) is 19.9 Å². The van der Waals surface area contributed by atoms with Gasteiger partial charge in [-0.1, -0.05) is 19.4 Å². The molecule has 1 unspecified atom stereocenters. The van der Waals surface area contributed by atoms with Crippen LogP contribution in [0.2, 0.25) is 0 Å². The minimum atomic E-state index is -0.927. The van der Waals surface area contributed by atoms with Crippen LogP contribution in [-0.4, -0.2) is 20.9 Å². The van der Waals surface area contributed by atoms with Crippen LogP contribution in [0.4, 0.5) is 0 Å². The monoisotopic (exact) mass is 326 g/mol. The van der Waals surface area contributed by atoms with Crippen molar-refractivity contribution in [3.63, 3.8) is 0 Å². The predicted octanol–water partition coefficient (Wildman–Crippen LogP) is 3.89. The third-order valence-electron chi connectivity index (χ3n) is 5.26. The van der Waals surface area contributed by atoms with Crippen LogP contribution in [0.25, 0.3) is 11.0 Å². The molecule has 2 aromatic rings. The van der Waals surface area contributed by atoms with E-state index in [-0.39, 0.29) is 5.78 Å². The zero-order valence-corrected chi connectivity index (χ0v) is 15.2. The van der Waals surface area contributed by atoms with Gasteiger partial charge in [-0.2, -0.15) is 0 Å². The molecule has 128 valence electrons. The summed E-state index contributed by atoms with van der Waals surface area (Å²) in [5.74, 6) is 0.00298. The first-order chi connectivity index (χ1) is 11.2. The molecule has 1 aliphatic rings. The van der Waals surface area contributed by atoms with Gasteiger partial charge in [0.1, 0.15) is 6.10 Å². The number of rotatable bonds is 3. The van der Waals surface area contributed by atoms with Gasteiger partial charge in [0.25, 0.3) is 0 Å². The number of nitrogens with zero attached hydrogens (tertiary/aromatic N) is 2. The first-order valence-corrected chi connectivity index (χ1v) is 8.73. The van der Waals surface area contributed by atoms with E-state index < -0.39 is 16.9 Å². The standard InChI is InChI=1S/C20H26N2O2/c1-6-7-8-12-9-10-13-14(11-12)21-15-16(22-13)19(2,3)18(24)20(4,5)17(15)23/h9-11,17,23H,6-8H2,1-5H3. The molecule has 1 atom stereocenters. The summed E-state index contributed by atoms with van der Waals surface area (Å²) in [7, 11) is 0.